The molecule has 0 bridgehead atoms. The van der Waals surface area contributed by atoms with Gasteiger partial charge in [-0.15, -0.1) is 0 Å². The number of aromatic nitrogens is 2. The number of hydrogen-bond donors (Lipinski definition) is 2. The minimum atomic E-state index is -0.914. The molecule has 2 heterocycles. The topological polar surface area (TPSA) is 87.6 Å². The average Bonchev–Trinajstić information content (AvgIpc) is 2.55. The Kier molecular flexibility index (Phi) is 4.68. The van der Waals surface area contributed by atoms with Crippen LogP contribution < -0.4 is 5.32 Å². The molecule has 2 aromatic rings. The van der Waals surface area contributed by atoms with E-state index in [4.69, 9.17) is 9.84 Å². The molecule has 0 radical (unpaired) electrons. The number of benzene rings is 1. The van der Waals surface area contributed by atoms with Crippen molar-refractivity contribution in [2.24, 2.45) is 0 Å². The third kappa shape index (κ3) is 3.75. The first-order chi connectivity index (χ1) is 11.1. The molecular formula is C16H20N4O3. The van der Waals surface area contributed by atoms with Gasteiger partial charge in [-0.3, -0.25) is 9.69 Å². The van der Waals surface area contributed by atoms with E-state index in [9.17, 15) is 4.79 Å². The van der Waals surface area contributed by atoms with Gasteiger partial charge in [-0.2, -0.15) is 0 Å². The fourth-order valence-electron chi connectivity index (χ4n) is 2.53. The van der Waals surface area contributed by atoms with Crippen molar-refractivity contribution >= 4 is 22.7 Å². The fraction of sp³-hybridized carbons (Fsp3) is 0.438. The number of fused-ring (bicyclic) bond motifs is 1. The molecule has 1 aromatic carbocycles. The summed E-state index contributed by atoms with van der Waals surface area (Å²) in [6, 6.07) is 6.90. The molecule has 7 nitrogen and oxygen atoms in total. The highest BCUT2D eigenvalue weighted by molar-refractivity contribution is 5.90. The molecule has 122 valence electrons. The van der Waals surface area contributed by atoms with Crippen molar-refractivity contribution in [2.75, 3.05) is 31.6 Å². The van der Waals surface area contributed by atoms with Gasteiger partial charge >= 0.3 is 5.97 Å². The maximum absolute atomic E-state index is 11.1. The fourth-order valence-corrected chi connectivity index (χ4v) is 2.53. The Morgan fingerprint density at radius 2 is 2.09 bits per heavy atom. The van der Waals surface area contributed by atoms with Gasteiger partial charge in [0.1, 0.15) is 17.7 Å². The number of para-hydroxylation sites is 1. The van der Waals surface area contributed by atoms with Gasteiger partial charge in [0.25, 0.3) is 0 Å². The highest BCUT2D eigenvalue weighted by Gasteiger charge is 2.17. The summed E-state index contributed by atoms with van der Waals surface area (Å²) in [4.78, 5) is 22.5. The first kappa shape index (κ1) is 15.6. The van der Waals surface area contributed by atoms with Gasteiger partial charge in [-0.25, -0.2) is 9.97 Å². The zero-order valence-corrected chi connectivity index (χ0v) is 13.0. The molecule has 0 aliphatic carbocycles. The number of ether oxygens (including phenoxy) is 1. The monoisotopic (exact) mass is 316 g/mol. The van der Waals surface area contributed by atoms with E-state index in [0.29, 0.717) is 18.2 Å². The van der Waals surface area contributed by atoms with Crippen LogP contribution in [-0.4, -0.2) is 58.3 Å². The Balaban J connectivity index is 1.90. The summed E-state index contributed by atoms with van der Waals surface area (Å²) in [5.41, 5.74) is 0.811. The van der Waals surface area contributed by atoms with Gasteiger partial charge in [-0.1, -0.05) is 12.1 Å². The minimum absolute atomic E-state index is 0.564. The second kappa shape index (κ2) is 6.89. The quantitative estimate of drug-likeness (QED) is 0.861. The predicted molar refractivity (Wildman–Crippen MR) is 86.4 cm³/mol. The lowest BCUT2D eigenvalue weighted by Crippen LogP contribution is -2.36. The molecule has 0 saturated carbocycles. The van der Waals surface area contributed by atoms with E-state index in [1.165, 1.54) is 0 Å². The Labute approximate surface area is 134 Å². The van der Waals surface area contributed by atoms with E-state index >= 15 is 0 Å². The number of anilines is 1. The van der Waals surface area contributed by atoms with Crippen molar-refractivity contribution in [3.8, 4) is 0 Å². The van der Waals surface area contributed by atoms with Crippen LogP contribution in [0, 0.1) is 0 Å². The van der Waals surface area contributed by atoms with Gasteiger partial charge in [0.2, 0.25) is 0 Å². The molecule has 1 atom stereocenters. The van der Waals surface area contributed by atoms with Crippen molar-refractivity contribution in [2.45, 2.75) is 19.5 Å². The molecule has 0 spiro atoms. The molecule has 7 heteroatoms. The SMILES string of the molecule is CC(Nc1nc(CN2CCOCC2)nc2ccccc12)C(=O)O. The molecular weight excluding hydrogens is 296 g/mol. The van der Waals surface area contributed by atoms with E-state index in [-0.39, 0.29) is 0 Å². The van der Waals surface area contributed by atoms with E-state index < -0.39 is 12.0 Å². The maximum atomic E-state index is 11.1. The molecule has 1 fully saturated rings. The molecule has 2 N–H and O–H groups in total. The van der Waals surface area contributed by atoms with Crippen LogP contribution in [0.5, 0.6) is 0 Å². The summed E-state index contributed by atoms with van der Waals surface area (Å²) >= 11 is 0. The average molecular weight is 316 g/mol. The van der Waals surface area contributed by atoms with Crippen LogP contribution in [0.3, 0.4) is 0 Å². The Morgan fingerprint density at radius 1 is 1.35 bits per heavy atom. The van der Waals surface area contributed by atoms with Gasteiger partial charge < -0.3 is 15.2 Å². The minimum Gasteiger partial charge on any atom is -0.480 e. The normalized spacial score (nSPS) is 17.1. The number of morpholine rings is 1. The van der Waals surface area contributed by atoms with Gasteiger partial charge in [-0.05, 0) is 19.1 Å². The summed E-state index contributed by atoms with van der Waals surface area (Å²) in [5.74, 6) is 0.335. The number of carbonyl (C=O) groups is 1. The van der Waals surface area contributed by atoms with E-state index in [1.807, 2.05) is 24.3 Å². The van der Waals surface area contributed by atoms with Crippen LogP contribution >= 0.6 is 0 Å². The van der Waals surface area contributed by atoms with Gasteiger partial charge in [0, 0.05) is 18.5 Å². The Hall–Kier alpha value is -2.25. The predicted octanol–water partition coefficient (Wildman–Crippen LogP) is 1.35. The second-order valence-electron chi connectivity index (χ2n) is 5.60. The summed E-state index contributed by atoms with van der Waals surface area (Å²) in [6.07, 6.45) is 0. The summed E-state index contributed by atoms with van der Waals surface area (Å²) in [5, 5.41) is 12.9. The lowest BCUT2D eigenvalue weighted by molar-refractivity contribution is -0.137. The first-order valence-corrected chi connectivity index (χ1v) is 7.68. The summed E-state index contributed by atoms with van der Waals surface area (Å²) in [6.45, 7) is 5.36. The second-order valence-corrected chi connectivity index (χ2v) is 5.60. The zero-order valence-electron chi connectivity index (χ0n) is 13.0. The highest BCUT2D eigenvalue weighted by atomic mass is 16.5. The lowest BCUT2D eigenvalue weighted by Gasteiger charge is -2.26. The van der Waals surface area contributed by atoms with Crippen LogP contribution in [0.1, 0.15) is 12.7 Å². The van der Waals surface area contributed by atoms with Crippen LogP contribution in [0.2, 0.25) is 0 Å². The van der Waals surface area contributed by atoms with Gasteiger partial charge in [0.15, 0.2) is 0 Å². The molecule has 23 heavy (non-hydrogen) atoms. The van der Waals surface area contributed by atoms with Crippen LogP contribution in [0.4, 0.5) is 5.82 Å². The summed E-state index contributed by atoms with van der Waals surface area (Å²) in [7, 11) is 0. The smallest absolute Gasteiger partial charge is 0.325 e. The van der Waals surface area contributed by atoms with Crippen LogP contribution in [0.15, 0.2) is 24.3 Å². The van der Waals surface area contributed by atoms with Crippen molar-refractivity contribution in [1.82, 2.24) is 14.9 Å². The maximum Gasteiger partial charge on any atom is 0.325 e. The van der Waals surface area contributed by atoms with E-state index in [2.05, 4.69) is 20.2 Å². The van der Waals surface area contributed by atoms with Crippen molar-refractivity contribution in [3.05, 3.63) is 30.1 Å². The van der Waals surface area contributed by atoms with Crippen molar-refractivity contribution in [3.63, 3.8) is 0 Å². The highest BCUT2D eigenvalue weighted by Crippen LogP contribution is 2.21. The Bertz CT molecular complexity index is 701. The number of carboxylic acid groups (broad SMARTS) is 1. The lowest BCUT2D eigenvalue weighted by atomic mass is 10.2. The third-order valence-corrected chi connectivity index (χ3v) is 3.84. The third-order valence-electron chi connectivity index (χ3n) is 3.84. The van der Waals surface area contributed by atoms with Crippen molar-refractivity contribution in [1.29, 1.82) is 0 Å². The van der Waals surface area contributed by atoms with Crippen molar-refractivity contribution < 1.29 is 14.6 Å². The molecule has 3 rings (SSSR count). The molecule has 1 unspecified atom stereocenters. The Morgan fingerprint density at radius 3 is 2.83 bits per heavy atom. The van der Waals surface area contributed by atoms with E-state index in [0.717, 1.165) is 37.2 Å². The standard InChI is InChI=1S/C16H20N4O3/c1-11(16(21)22)17-15-12-4-2-3-5-13(12)18-14(19-15)10-20-6-8-23-9-7-20/h2-5,11H,6-10H2,1H3,(H,21,22)(H,17,18,19). The van der Waals surface area contributed by atoms with E-state index in [1.54, 1.807) is 6.92 Å². The molecule has 0 amide bonds. The molecule has 1 aromatic heterocycles. The van der Waals surface area contributed by atoms with Crippen LogP contribution in [0.25, 0.3) is 10.9 Å². The molecule has 1 saturated heterocycles. The number of nitrogens with zero attached hydrogens (tertiary/aromatic N) is 3. The van der Waals surface area contributed by atoms with Gasteiger partial charge in [0.05, 0.1) is 25.3 Å². The van der Waals surface area contributed by atoms with Crippen LogP contribution in [-0.2, 0) is 16.1 Å². The number of nitrogens with one attached hydrogen (secondary N) is 1. The largest absolute Gasteiger partial charge is 0.480 e. The number of aliphatic carboxylic acids is 1. The number of carboxylic acids is 1. The summed E-state index contributed by atoms with van der Waals surface area (Å²) < 4.78 is 5.35. The first-order valence-electron chi connectivity index (χ1n) is 7.68. The number of hydrogen-bond acceptors (Lipinski definition) is 6. The molecule has 1 aliphatic rings. The number of rotatable bonds is 5. The molecule has 1 aliphatic heterocycles. The zero-order chi connectivity index (χ0) is 16.2.